The highest BCUT2D eigenvalue weighted by Gasteiger charge is 2.09. The van der Waals surface area contributed by atoms with Crippen LogP contribution >= 0.6 is 0 Å². The summed E-state index contributed by atoms with van der Waals surface area (Å²) in [5.74, 6) is -1.16. The van der Waals surface area contributed by atoms with Gasteiger partial charge in [-0.05, 0) is 13.0 Å². The second kappa shape index (κ2) is 4.41. The van der Waals surface area contributed by atoms with E-state index in [1.54, 1.807) is 19.1 Å². The van der Waals surface area contributed by atoms with E-state index >= 15 is 0 Å². The van der Waals surface area contributed by atoms with E-state index < -0.39 is 5.97 Å². The van der Waals surface area contributed by atoms with Gasteiger partial charge in [0.15, 0.2) is 5.43 Å². The Balaban J connectivity index is 3.52. The molecule has 1 heterocycles. The van der Waals surface area contributed by atoms with Gasteiger partial charge in [0.25, 0.3) is 0 Å². The van der Waals surface area contributed by atoms with Crippen molar-refractivity contribution in [2.75, 3.05) is 0 Å². The molecule has 4 nitrogen and oxygen atoms in total. The van der Waals surface area contributed by atoms with Crippen molar-refractivity contribution in [1.82, 2.24) is 4.98 Å². The number of aromatic carboxylic acids is 1. The van der Waals surface area contributed by atoms with Crippen molar-refractivity contribution < 1.29 is 9.90 Å². The minimum Gasteiger partial charge on any atom is -0.477 e. The zero-order valence-corrected chi connectivity index (χ0v) is 8.28. The van der Waals surface area contributed by atoms with Crippen LogP contribution in [0.15, 0.2) is 23.5 Å². The number of aromatic nitrogens is 1. The number of hydrogen-bond donors (Lipinski definition) is 2. The normalized spacial score (nSPS) is 10.5. The number of carboxylic acids is 1. The number of hydrogen-bond acceptors (Lipinski definition) is 2. The molecule has 15 heavy (non-hydrogen) atoms. The van der Waals surface area contributed by atoms with E-state index in [0.717, 1.165) is 6.07 Å². The first-order chi connectivity index (χ1) is 7.10. The molecule has 0 saturated carbocycles. The van der Waals surface area contributed by atoms with Crippen molar-refractivity contribution in [2.45, 2.75) is 6.92 Å². The molecular weight excluding hydrogens is 194 g/mol. The van der Waals surface area contributed by atoms with Crippen LogP contribution in [0.4, 0.5) is 0 Å². The molecule has 1 aromatic rings. The van der Waals surface area contributed by atoms with Crippen LogP contribution in [0.25, 0.3) is 12.2 Å². The summed E-state index contributed by atoms with van der Waals surface area (Å²) < 4.78 is 0. The standard InChI is InChI=1S/C11H11NO3/c1-3-5-8-7(4-2)10(13)6-9(12-8)11(14)15/h3-6H,2H2,1H3,(H,12,13)(H,14,15)/b5-3-. The monoisotopic (exact) mass is 205 g/mol. The zero-order valence-electron chi connectivity index (χ0n) is 8.28. The highest BCUT2D eigenvalue weighted by molar-refractivity contribution is 5.86. The molecule has 0 radical (unpaired) electrons. The maximum atomic E-state index is 11.5. The molecule has 0 bridgehead atoms. The van der Waals surface area contributed by atoms with Crippen LogP contribution in [0.2, 0.25) is 0 Å². The first-order valence-corrected chi connectivity index (χ1v) is 4.36. The number of carbonyl (C=O) groups is 1. The van der Waals surface area contributed by atoms with Crippen molar-refractivity contribution in [3.8, 4) is 0 Å². The Morgan fingerprint density at radius 2 is 2.27 bits per heavy atom. The van der Waals surface area contributed by atoms with Gasteiger partial charge in [0.2, 0.25) is 0 Å². The van der Waals surface area contributed by atoms with E-state index in [0.29, 0.717) is 11.3 Å². The predicted octanol–water partition coefficient (Wildman–Crippen LogP) is 1.75. The van der Waals surface area contributed by atoms with Gasteiger partial charge in [0.1, 0.15) is 5.69 Å². The minimum atomic E-state index is -1.16. The van der Waals surface area contributed by atoms with Crippen LogP contribution in [0.3, 0.4) is 0 Å². The molecule has 1 rings (SSSR count). The Morgan fingerprint density at radius 3 is 2.73 bits per heavy atom. The Bertz CT molecular complexity index is 483. The molecule has 0 fully saturated rings. The molecule has 0 amide bonds. The van der Waals surface area contributed by atoms with E-state index in [1.165, 1.54) is 6.08 Å². The van der Waals surface area contributed by atoms with Crippen molar-refractivity contribution in [2.24, 2.45) is 0 Å². The van der Waals surface area contributed by atoms with E-state index in [1.807, 2.05) is 0 Å². The van der Waals surface area contributed by atoms with Crippen molar-refractivity contribution in [3.05, 3.63) is 45.9 Å². The van der Waals surface area contributed by atoms with E-state index in [4.69, 9.17) is 5.11 Å². The first-order valence-electron chi connectivity index (χ1n) is 4.36. The zero-order chi connectivity index (χ0) is 11.4. The fourth-order valence-corrected chi connectivity index (χ4v) is 1.21. The Labute approximate surface area is 86.6 Å². The number of allylic oxidation sites excluding steroid dienone is 1. The Morgan fingerprint density at radius 1 is 1.60 bits per heavy atom. The molecule has 0 aliphatic heterocycles. The molecule has 1 aromatic heterocycles. The summed E-state index contributed by atoms with van der Waals surface area (Å²) >= 11 is 0. The summed E-state index contributed by atoms with van der Waals surface area (Å²) in [7, 11) is 0. The summed E-state index contributed by atoms with van der Waals surface area (Å²) in [6.07, 6.45) is 4.74. The van der Waals surface area contributed by atoms with Gasteiger partial charge in [-0.1, -0.05) is 18.7 Å². The van der Waals surface area contributed by atoms with Gasteiger partial charge in [-0.2, -0.15) is 0 Å². The second-order valence-electron chi connectivity index (χ2n) is 2.88. The van der Waals surface area contributed by atoms with Crippen LogP contribution in [0.5, 0.6) is 0 Å². The summed E-state index contributed by atoms with van der Waals surface area (Å²) in [5, 5.41) is 8.75. The number of H-pyrrole nitrogens is 1. The average molecular weight is 205 g/mol. The topological polar surface area (TPSA) is 70.2 Å². The van der Waals surface area contributed by atoms with E-state index in [2.05, 4.69) is 11.6 Å². The molecule has 0 saturated heterocycles. The Hall–Kier alpha value is -2.10. The van der Waals surface area contributed by atoms with Gasteiger partial charge in [0, 0.05) is 17.3 Å². The number of aromatic amines is 1. The lowest BCUT2D eigenvalue weighted by Gasteiger charge is -2.02. The fourth-order valence-electron chi connectivity index (χ4n) is 1.21. The van der Waals surface area contributed by atoms with Crippen molar-refractivity contribution >= 4 is 18.1 Å². The number of nitrogens with one attached hydrogen (secondary N) is 1. The van der Waals surface area contributed by atoms with E-state index in [-0.39, 0.29) is 11.1 Å². The summed E-state index contributed by atoms with van der Waals surface area (Å²) in [4.78, 5) is 24.8. The van der Waals surface area contributed by atoms with Crippen LogP contribution in [0.1, 0.15) is 28.7 Å². The van der Waals surface area contributed by atoms with Gasteiger partial charge in [-0.3, -0.25) is 4.79 Å². The number of carboxylic acid groups (broad SMARTS) is 1. The summed E-state index contributed by atoms with van der Waals surface area (Å²) in [6.45, 7) is 5.28. The van der Waals surface area contributed by atoms with Crippen molar-refractivity contribution in [1.29, 1.82) is 0 Å². The maximum absolute atomic E-state index is 11.5. The average Bonchev–Trinajstić information content (AvgIpc) is 2.17. The van der Waals surface area contributed by atoms with Crippen LogP contribution in [-0.2, 0) is 0 Å². The van der Waals surface area contributed by atoms with Crippen molar-refractivity contribution in [3.63, 3.8) is 0 Å². The van der Waals surface area contributed by atoms with Crippen LogP contribution in [0, 0.1) is 0 Å². The molecule has 0 unspecified atom stereocenters. The molecule has 0 aliphatic carbocycles. The number of rotatable bonds is 3. The highest BCUT2D eigenvalue weighted by atomic mass is 16.4. The first kappa shape index (κ1) is 11.0. The number of pyridine rings is 1. The lowest BCUT2D eigenvalue weighted by atomic mass is 10.1. The summed E-state index contributed by atoms with van der Waals surface area (Å²) in [5.41, 5.74) is 0.350. The fraction of sp³-hybridized carbons (Fsp3) is 0.0909. The minimum absolute atomic E-state index is 0.126. The van der Waals surface area contributed by atoms with Gasteiger partial charge >= 0.3 is 5.97 Å². The molecule has 2 N–H and O–H groups in total. The van der Waals surface area contributed by atoms with Gasteiger partial charge in [-0.15, -0.1) is 0 Å². The smallest absolute Gasteiger partial charge is 0.352 e. The molecule has 0 atom stereocenters. The summed E-state index contributed by atoms with van der Waals surface area (Å²) in [6, 6.07) is 1.05. The van der Waals surface area contributed by atoms with E-state index in [9.17, 15) is 9.59 Å². The van der Waals surface area contributed by atoms with Gasteiger partial charge in [0.05, 0.1) is 0 Å². The SMILES string of the molecule is C=Cc1c(/C=C\C)[nH]c(C(=O)O)cc1=O. The maximum Gasteiger partial charge on any atom is 0.352 e. The molecule has 78 valence electrons. The highest BCUT2D eigenvalue weighted by Crippen LogP contribution is 2.06. The molecule has 4 heteroatoms. The second-order valence-corrected chi connectivity index (χ2v) is 2.88. The van der Waals surface area contributed by atoms with Crippen LogP contribution in [-0.4, -0.2) is 16.1 Å². The molecular formula is C11H11NO3. The largest absolute Gasteiger partial charge is 0.477 e. The quantitative estimate of drug-likeness (QED) is 0.789. The lowest BCUT2D eigenvalue weighted by Crippen LogP contribution is -2.13. The predicted molar refractivity (Wildman–Crippen MR) is 58.8 cm³/mol. The molecule has 0 aliphatic rings. The third-order valence-electron chi connectivity index (χ3n) is 1.87. The lowest BCUT2D eigenvalue weighted by molar-refractivity contribution is 0.0690. The molecule has 0 spiro atoms. The van der Waals surface area contributed by atoms with Gasteiger partial charge < -0.3 is 10.1 Å². The molecule has 0 aromatic carbocycles. The third-order valence-corrected chi connectivity index (χ3v) is 1.87. The Kier molecular flexibility index (Phi) is 3.23. The van der Waals surface area contributed by atoms with Crippen LogP contribution < -0.4 is 5.43 Å². The third kappa shape index (κ3) is 2.22. The van der Waals surface area contributed by atoms with Gasteiger partial charge in [-0.25, -0.2) is 4.79 Å².